The largest absolute Gasteiger partial charge is 0.497 e. The molecular weight excluding hydrogens is 430 g/mol. The van der Waals surface area contributed by atoms with Crippen LogP contribution in [0.5, 0.6) is 5.75 Å². The Morgan fingerprint density at radius 1 is 1.19 bits per heavy atom. The zero-order valence-corrected chi connectivity index (χ0v) is 18.3. The Labute approximate surface area is 187 Å². The van der Waals surface area contributed by atoms with E-state index in [2.05, 4.69) is 10.3 Å². The van der Waals surface area contributed by atoms with Crippen LogP contribution in [0.2, 0.25) is 0 Å². The van der Waals surface area contributed by atoms with Crippen molar-refractivity contribution in [2.24, 2.45) is 0 Å². The second kappa shape index (κ2) is 8.13. The summed E-state index contributed by atoms with van der Waals surface area (Å²) in [6.45, 7) is 0. The summed E-state index contributed by atoms with van der Waals surface area (Å²) in [7, 11) is 1.65. The Kier molecular flexibility index (Phi) is 5.17. The number of anilines is 2. The van der Waals surface area contributed by atoms with Crippen LogP contribution in [-0.2, 0) is 0 Å². The van der Waals surface area contributed by atoms with Gasteiger partial charge in [0.05, 0.1) is 17.7 Å². The highest BCUT2D eigenvalue weighted by molar-refractivity contribution is 7.19. The summed E-state index contributed by atoms with van der Waals surface area (Å²) in [4.78, 5) is 23.2. The molecule has 5 rings (SSSR count). The number of thiazole rings is 1. The van der Waals surface area contributed by atoms with Crippen molar-refractivity contribution < 1.29 is 14.6 Å². The van der Waals surface area contributed by atoms with Crippen molar-refractivity contribution >= 4 is 39.6 Å². The number of methoxy groups -OCH3 is 1. The van der Waals surface area contributed by atoms with Gasteiger partial charge in [0.15, 0.2) is 5.13 Å². The maximum atomic E-state index is 11.9. The van der Waals surface area contributed by atoms with Gasteiger partial charge in [0.25, 0.3) is 0 Å². The molecule has 0 bridgehead atoms. The number of nitrogens with one attached hydrogen (secondary N) is 1. The van der Waals surface area contributed by atoms with Gasteiger partial charge in [-0.25, -0.2) is 14.8 Å². The molecule has 0 aliphatic heterocycles. The highest BCUT2D eigenvalue weighted by atomic mass is 32.1. The first-order valence-electron chi connectivity index (χ1n) is 9.82. The van der Waals surface area contributed by atoms with Crippen LogP contribution in [0.15, 0.2) is 54.0 Å². The van der Waals surface area contributed by atoms with Gasteiger partial charge in [-0.3, -0.25) is 0 Å². The van der Waals surface area contributed by atoms with Crippen LogP contribution in [0.25, 0.3) is 20.9 Å². The summed E-state index contributed by atoms with van der Waals surface area (Å²) in [5, 5.41) is 15.5. The molecule has 6 nitrogen and oxygen atoms in total. The molecule has 1 fully saturated rings. The number of benzene rings is 1. The van der Waals surface area contributed by atoms with Crippen molar-refractivity contribution in [3.8, 4) is 26.6 Å². The maximum absolute atomic E-state index is 11.9. The molecule has 0 atom stereocenters. The molecule has 0 amide bonds. The molecule has 1 aliphatic rings. The van der Waals surface area contributed by atoms with E-state index in [4.69, 9.17) is 9.72 Å². The fraction of sp³-hybridized carbons (Fsp3) is 0.174. The molecule has 3 heterocycles. The first-order valence-corrected chi connectivity index (χ1v) is 11.5. The van der Waals surface area contributed by atoms with Gasteiger partial charge in [-0.1, -0.05) is 17.4 Å². The van der Waals surface area contributed by atoms with E-state index in [0.29, 0.717) is 16.9 Å². The number of ether oxygens (including phenoxy) is 1. The van der Waals surface area contributed by atoms with E-state index < -0.39 is 5.97 Å². The average molecular weight is 450 g/mol. The Bertz CT molecular complexity index is 1230. The number of aromatic carboxylic acids is 1. The molecule has 31 heavy (non-hydrogen) atoms. The molecule has 3 aromatic heterocycles. The van der Waals surface area contributed by atoms with Gasteiger partial charge >= 0.3 is 5.97 Å². The molecule has 1 aromatic carbocycles. The predicted octanol–water partition coefficient (Wildman–Crippen LogP) is 6.26. The number of aromatic nitrogens is 2. The number of pyridine rings is 1. The minimum Gasteiger partial charge on any atom is -0.497 e. The zero-order chi connectivity index (χ0) is 21.4. The van der Waals surface area contributed by atoms with Gasteiger partial charge in [0.2, 0.25) is 0 Å². The Balaban J connectivity index is 1.49. The number of carbonyl (C=O) groups is 1. The topological polar surface area (TPSA) is 84.3 Å². The van der Waals surface area contributed by atoms with Crippen LogP contribution >= 0.6 is 22.7 Å². The van der Waals surface area contributed by atoms with E-state index in [1.165, 1.54) is 11.3 Å². The van der Waals surface area contributed by atoms with Crippen LogP contribution in [0.3, 0.4) is 0 Å². The fourth-order valence-corrected chi connectivity index (χ4v) is 5.14. The normalized spacial score (nSPS) is 13.2. The Morgan fingerprint density at radius 2 is 2.00 bits per heavy atom. The Morgan fingerprint density at radius 3 is 2.65 bits per heavy atom. The molecule has 156 valence electrons. The quantitative estimate of drug-likeness (QED) is 0.346. The SMILES string of the molecule is COc1ccc(-c2sc(Nc3ncc(-c4cccs4)cc3C(=O)O)nc2C2CC2)cc1. The minimum absolute atomic E-state index is 0.125. The lowest BCUT2D eigenvalue weighted by Crippen LogP contribution is -2.05. The third kappa shape index (κ3) is 4.04. The second-order valence-corrected chi connectivity index (χ2v) is 9.21. The highest BCUT2D eigenvalue weighted by Crippen LogP contribution is 2.47. The minimum atomic E-state index is -1.03. The van der Waals surface area contributed by atoms with Gasteiger partial charge in [-0.05, 0) is 60.2 Å². The lowest BCUT2D eigenvalue weighted by molar-refractivity contribution is 0.0697. The van der Waals surface area contributed by atoms with Crippen molar-refractivity contribution in [1.82, 2.24) is 9.97 Å². The van der Waals surface area contributed by atoms with Crippen molar-refractivity contribution in [3.63, 3.8) is 0 Å². The standard InChI is InChI=1S/C23H19N3O3S2/c1-29-16-8-6-14(7-9-16)20-19(13-4-5-13)25-23(31-20)26-21-17(22(27)28)11-15(12-24-21)18-3-2-10-30-18/h2-3,6-13H,4-5H2,1H3,(H,27,28)(H,24,25,26). The average Bonchev–Trinajstić information content (AvgIpc) is 3.31. The fourth-order valence-electron chi connectivity index (χ4n) is 3.37. The van der Waals surface area contributed by atoms with Gasteiger partial charge in [-0.2, -0.15) is 0 Å². The smallest absolute Gasteiger partial charge is 0.339 e. The van der Waals surface area contributed by atoms with Crippen molar-refractivity contribution in [2.75, 3.05) is 12.4 Å². The third-order valence-corrected chi connectivity index (χ3v) is 7.07. The molecule has 0 radical (unpaired) electrons. The summed E-state index contributed by atoms with van der Waals surface area (Å²) in [5.41, 5.74) is 3.05. The number of hydrogen-bond donors (Lipinski definition) is 2. The van der Waals surface area contributed by atoms with E-state index in [1.54, 1.807) is 30.7 Å². The Hall–Kier alpha value is -3.23. The summed E-state index contributed by atoms with van der Waals surface area (Å²) in [5.74, 6) is 0.533. The zero-order valence-electron chi connectivity index (χ0n) is 16.7. The molecule has 1 saturated carbocycles. The first-order chi connectivity index (χ1) is 15.1. The number of carboxylic acid groups (broad SMARTS) is 1. The summed E-state index contributed by atoms with van der Waals surface area (Å²) >= 11 is 3.07. The van der Waals surface area contributed by atoms with Gasteiger partial charge in [0, 0.05) is 22.6 Å². The highest BCUT2D eigenvalue weighted by Gasteiger charge is 2.30. The monoisotopic (exact) mass is 449 g/mol. The van der Waals surface area contributed by atoms with Crippen LogP contribution in [0.1, 0.15) is 34.8 Å². The van der Waals surface area contributed by atoms with Crippen molar-refractivity contribution in [3.05, 3.63) is 65.3 Å². The number of thiophene rings is 1. The van der Waals surface area contributed by atoms with E-state index in [-0.39, 0.29) is 5.56 Å². The lowest BCUT2D eigenvalue weighted by atomic mass is 10.1. The third-order valence-electron chi connectivity index (χ3n) is 5.12. The molecule has 1 aliphatic carbocycles. The second-order valence-electron chi connectivity index (χ2n) is 7.26. The number of carboxylic acids is 1. The molecule has 4 aromatic rings. The predicted molar refractivity (Wildman–Crippen MR) is 124 cm³/mol. The number of hydrogen-bond acceptors (Lipinski definition) is 7. The molecule has 0 unspecified atom stereocenters. The molecule has 2 N–H and O–H groups in total. The molecular formula is C23H19N3O3S2. The van der Waals surface area contributed by atoms with Gasteiger partial charge in [-0.15, -0.1) is 11.3 Å². The summed E-state index contributed by atoms with van der Waals surface area (Å²) < 4.78 is 5.26. The summed E-state index contributed by atoms with van der Waals surface area (Å²) in [6.07, 6.45) is 3.95. The number of rotatable bonds is 7. The van der Waals surface area contributed by atoms with Crippen LogP contribution in [0.4, 0.5) is 10.9 Å². The van der Waals surface area contributed by atoms with Crippen LogP contribution in [0, 0.1) is 0 Å². The van der Waals surface area contributed by atoms with Gasteiger partial charge < -0.3 is 15.2 Å². The van der Waals surface area contributed by atoms with E-state index in [1.807, 2.05) is 41.8 Å². The molecule has 8 heteroatoms. The van der Waals surface area contributed by atoms with E-state index in [9.17, 15) is 9.90 Å². The van der Waals surface area contributed by atoms with E-state index in [0.717, 1.165) is 45.2 Å². The van der Waals surface area contributed by atoms with Crippen molar-refractivity contribution in [2.45, 2.75) is 18.8 Å². The van der Waals surface area contributed by atoms with Gasteiger partial charge in [0.1, 0.15) is 17.1 Å². The van der Waals surface area contributed by atoms with Crippen molar-refractivity contribution in [1.29, 1.82) is 0 Å². The lowest BCUT2D eigenvalue weighted by Gasteiger charge is -2.07. The first kappa shape index (κ1) is 19.7. The van der Waals surface area contributed by atoms with E-state index >= 15 is 0 Å². The maximum Gasteiger partial charge on any atom is 0.339 e. The molecule has 0 saturated heterocycles. The van der Waals surface area contributed by atoms with Crippen LogP contribution < -0.4 is 10.1 Å². The number of nitrogens with zero attached hydrogens (tertiary/aromatic N) is 2. The summed E-state index contributed by atoms with van der Waals surface area (Å²) in [6, 6.07) is 13.5. The van der Waals surface area contributed by atoms with Crippen LogP contribution in [-0.4, -0.2) is 28.2 Å². The molecule has 0 spiro atoms.